The Hall–Kier alpha value is -1.49. The molecule has 0 radical (unpaired) electrons. The molecule has 0 spiro atoms. The summed E-state index contributed by atoms with van der Waals surface area (Å²) in [5.74, 6) is -0.678. The van der Waals surface area contributed by atoms with Crippen molar-refractivity contribution in [1.29, 1.82) is 0 Å². The predicted molar refractivity (Wildman–Crippen MR) is 76.2 cm³/mol. The van der Waals surface area contributed by atoms with E-state index in [4.69, 9.17) is 0 Å². The molecule has 2 amide bonds. The molecular formula is C15H14BrNO3. The zero-order chi connectivity index (χ0) is 14.3. The van der Waals surface area contributed by atoms with Gasteiger partial charge < -0.3 is 0 Å². The van der Waals surface area contributed by atoms with E-state index in [9.17, 15) is 14.4 Å². The summed E-state index contributed by atoms with van der Waals surface area (Å²) in [7, 11) is 0. The van der Waals surface area contributed by atoms with Gasteiger partial charge in [0.1, 0.15) is 0 Å². The van der Waals surface area contributed by atoms with E-state index >= 15 is 0 Å². The van der Waals surface area contributed by atoms with Gasteiger partial charge in [0, 0.05) is 28.3 Å². The first-order chi connectivity index (χ1) is 9.54. The van der Waals surface area contributed by atoms with Crippen LogP contribution in [0.3, 0.4) is 0 Å². The largest absolute Gasteiger partial charge is 0.296 e. The lowest BCUT2D eigenvalue weighted by Gasteiger charge is -2.22. The Morgan fingerprint density at radius 3 is 2.75 bits per heavy atom. The number of Topliss-reactive ketones (excluding diaryl/α,β-unsaturated/α-hetero) is 1. The zero-order valence-corrected chi connectivity index (χ0v) is 12.4. The lowest BCUT2D eigenvalue weighted by Crippen LogP contribution is -2.41. The minimum Gasteiger partial charge on any atom is -0.296 e. The van der Waals surface area contributed by atoms with Crippen molar-refractivity contribution in [3.8, 4) is 0 Å². The third kappa shape index (κ3) is 2.42. The second-order valence-corrected chi connectivity index (χ2v) is 6.37. The summed E-state index contributed by atoms with van der Waals surface area (Å²) < 4.78 is 0.964. The molecule has 0 bridgehead atoms. The molecule has 0 aromatic heterocycles. The maximum Gasteiger partial charge on any atom is 0.229 e. The third-order valence-corrected chi connectivity index (χ3v) is 4.59. The van der Waals surface area contributed by atoms with Gasteiger partial charge in [-0.3, -0.25) is 19.7 Å². The molecule has 1 heterocycles. The van der Waals surface area contributed by atoms with Crippen molar-refractivity contribution in [3.63, 3.8) is 0 Å². The van der Waals surface area contributed by atoms with E-state index in [0.29, 0.717) is 25.7 Å². The van der Waals surface area contributed by atoms with Crippen molar-refractivity contribution in [2.45, 2.75) is 25.7 Å². The van der Waals surface area contributed by atoms with Crippen molar-refractivity contribution in [2.24, 2.45) is 11.8 Å². The van der Waals surface area contributed by atoms with E-state index in [1.807, 2.05) is 18.2 Å². The third-order valence-electron chi connectivity index (χ3n) is 4.09. The molecule has 104 valence electrons. The second-order valence-electron chi connectivity index (χ2n) is 5.45. The molecule has 1 fully saturated rings. The summed E-state index contributed by atoms with van der Waals surface area (Å²) in [4.78, 5) is 35.2. The van der Waals surface area contributed by atoms with E-state index < -0.39 is 0 Å². The summed E-state index contributed by atoms with van der Waals surface area (Å²) in [6.07, 6.45) is 2.14. The van der Waals surface area contributed by atoms with E-state index in [2.05, 4.69) is 21.2 Å². The van der Waals surface area contributed by atoms with Crippen molar-refractivity contribution in [1.82, 2.24) is 5.32 Å². The van der Waals surface area contributed by atoms with Gasteiger partial charge in [0.25, 0.3) is 0 Å². The fourth-order valence-corrected chi connectivity index (χ4v) is 3.46. The van der Waals surface area contributed by atoms with Gasteiger partial charge in [-0.15, -0.1) is 0 Å². The van der Waals surface area contributed by atoms with Gasteiger partial charge in [0.15, 0.2) is 5.78 Å². The van der Waals surface area contributed by atoms with Crippen LogP contribution in [0, 0.1) is 11.8 Å². The van der Waals surface area contributed by atoms with E-state index in [1.165, 1.54) is 0 Å². The normalized spacial score (nSPS) is 25.6. The van der Waals surface area contributed by atoms with Gasteiger partial charge >= 0.3 is 0 Å². The maximum atomic E-state index is 12.3. The van der Waals surface area contributed by atoms with Crippen LogP contribution in [-0.2, 0) is 16.0 Å². The number of hydrogen-bond donors (Lipinski definition) is 1. The number of imide groups is 1. The van der Waals surface area contributed by atoms with E-state index in [-0.39, 0.29) is 29.4 Å². The zero-order valence-electron chi connectivity index (χ0n) is 10.8. The van der Waals surface area contributed by atoms with Gasteiger partial charge in [0.2, 0.25) is 11.8 Å². The molecule has 1 aliphatic carbocycles. The fraction of sp³-hybridized carbons (Fsp3) is 0.400. The van der Waals surface area contributed by atoms with Crippen LogP contribution in [0.1, 0.15) is 35.2 Å². The average Bonchev–Trinajstić information content (AvgIpc) is 2.69. The van der Waals surface area contributed by atoms with Gasteiger partial charge in [-0.25, -0.2) is 0 Å². The number of rotatable bonds is 2. The van der Waals surface area contributed by atoms with Crippen LogP contribution in [0.15, 0.2) is 22.7 Å². The molecule has 1 aromatic rings. The monoisotopic (exact) mass is 335 g/mol. The number of hydrogen-bond acceptors (Lipinski definition) is 3. The van der Waals surface area contributed by atoms with Crippen LogP contribution < -0.4 is 5.32 Å². The summed E-state index contributed by atoms with van der Waals surface area (Å²) in [6, 6.07) is 5.68. The van der Waals surface area contributed by atoms with Gasteiger partial charge in [-0.2, -0.15) is 0 Å². The van der Waals surface area contributed by atoms with Crippen LogP contribution in [0.25, 0.3) is 0 Å². The Bertz CT molecular complexity index is 611. The molecule has 2 unspecified atom stereocenters. The van der Waals surface area contributed by atoms with E-state index in [0.717, 1.165) is 15.6 Å². The van der Waals surface area contributed by atoms with Crippen molar-refractivity contribution in [2.75, 3.05) is 0 Å². The number of ketones is 1. The molecule has 1 saturated heterocycles. The quantitative estimate of drug-likeness (QED) is 0.843. The predicted octanol–water partition coefficient (Wildman–Crippen LogP) is 2.25. The Morgan fingerprint density at radius 2 is 2.00 bits per heavy atom. The Labute approximate surface area is 125 Å². The first kappa shape index (κ1) is 13.5. The van der Waals surface area contributed by atoms with Crippen molar-refractivity contribution < 1.29 is 14.4 Å². The number of benzene rings is 1. The molecule has 0 saturated carbocycles. The molecule has 20 heavy (non-hydrogen) atoms. The maximum absolute atomic E-state index is 12.3. The number of carbonyl (C=O) groups is 3. The highest BCUT2D eigenvalue weighted by atomic mass is 79.9. The van der Waals surface area contributed by atoms with Crippen molar-refractivity contribution in [3.05, 3.63) is 33.8 Å². The molecule has 2 aliphatic rings. The standard InChI is InChI=1S/C15H14BrNO3/c16-11-2-3-12-9(7-11)6-10(14(12)19)5-8-1-4-13(18)17-15(8)20/h2-3,7-8,10H,1,4-6H2,(H,17,18,20). The smallest absolute Gasteiger partial charge is 0.229 e. The van der Waals surface area contributed by atoms with Gasteiger partial charge in [0.05, 0.1) is 0 Å². The molecule has 2 atom stereocenters. The highest BCUT2D eigenvalue weighted by Crippen LogP contribution is 2.34. The van der Waals surface area contributed by atoms with Crippen LogP contribution in [0.4, 0.5) is 0 Å². The topological polar surface area (TPSA) is 63.2 Å². The Balaban J connectivity index is 1.73. The molecule has 1 aliphatic heterocycles. The first-order valence-corrected chi connectivity index (χ1v) is 7.50. The molecular weight excluding hydrogens is 322 g/mol. The Kier molecular flexibility index (Phi) is 3.46. The minimum atomic E-state index is -0.230. The number of fused-ring (bicyclic) bond motifs is 1. The number of carbonyl (C=O) groups excluding carboxylic acids is 3. The van der Waals surface area contributed by atoms with Crippen LogP contribution in [-0.4, -0.2) is 17.6 Å². The highest BCUT2D eigenvalue weighted by Gasteiger charge is 2.36. The SMILES string of the molecule is O=C1CCC(CC2Cc3cc(Br)ccc3C2=O)C(=O)N1. The average molecular weight is 336 g/mol. The molecule has 4 nitrogen and oxygen atoms in total. The van der Waals surface area contributed by atoms with Crippen LogP contribution in [0.2, 0.25) is 0 Å². The lowest BCUT2D eigenvalue weighted by molar-refractivity contribution is -0.136. The number of halogens is 1. The van der Waals surface area contributed by atoms with Gasteiger partial charge in [-0.1, -0.05) is 22.0 Å². The lowest BCUT2D eigenvalue weighted by atomic mass is 9.86. The van der Waals surface area contributed by atoms with E-state index in [1.54, 1.807) is 0 Å². The highest BCUT2D eigenvalue weighted by molar-refractivity contribution is 9.10. The van der Waals surface area contributed by atoms with Crippen molar-refractivity contribution >= 4 is 33.5 Å². The first-order valence-electron chi connectivity index (χ1n) is 6.71. The molecule has 3 rings (SSSR count). The van der Waals surface area contributed by atoms with Gasteiger partial charge in [-0.05, 0) is 37.0 Å². The molecule has 1 aromatic carbocycles. The summed E-state index contributed by atoms with van der Waals surface area (Å²) in [6.45, 7) is 0. The molecule has 1 N–H and O–H groups in total. The van der Waals surface area contributed by atoms with Crippen LogP contribution in [0.5, 0.6) is 0 Å². The number of piperidine rings is 1. The van der Waals surface area contributed by atoms with Crippen LogP contribution >= 0.6 is 15.9 Å². The summed E-state index contributed by atoms with van der Waals surface area (Å²) >= 11 is 3.41. The fourth-order valence-electron chi connectivity index (χ4n) is 3.05. The minimum absolute atomic E-state index is 0.122. The number of nitrogens with one attached hydrogen (secondary N) is 1. The molecule has 5 heteroatoms. The summed E-state index contributed by atoms with van der Waals surface area (Å²) in [5.41, 5.74) is 1.81. The second kappa shape index (κ2) is 5.13. The number of amides is 2. The Morgan fingerprint density at radius 1 is 1.20 bits per heavy atom. The summed E-state index contributed by atoms with van der Waals surface area (Å²) in [5, 5.41) is 2.35.